The molecule has 0 aliphatic heterocycles. The molecular formula is C8H16O3S. The summed E-state index contributed by atoms with van der Waals surface area (Å²) in [6.45, 7) is 6.98. The molecule has 0 aromatic carbocycles. The Morgan fingerprint density at radius 3 is 1.92 bits per heavy atom. The molecule has 0 saturated heterocycles. The van der Waals surface area contributed by atoms with E-state index in [2.05, 4.69) is 0 Å². The lowest BCUT2D eigenvalue weighted by Gasteiger charge is -2.17. The van der Waals surface area contributed by atoms with E-state index in [1.54, 1.807) is 13.8 Å². The summed E-state index contributed by atoms with van der Waals surface area (Å²) in [6, 6.07) is 0. The SMILES string of the molecule is CC(C(=O)O)C(C)S(=O)C(C)C. The Morgan fingerprint density at radius 2 is 1.67 bits per heavy atom. The molecule has 0 aromatic rings. The fourth-order valence-electron chi connectivity index (χ4n) is 0.831. The van der Waals surface area contributed by atoms with Gasteiger partial charge in [0.25, 0.3) is 0 Å². The Morgan fingerprint density at radius 1 is 1.25 bits per heavy atom. The lowest BCUT2D eigenvalue weighted by Crippen LogP contribution is -2.30. The highest BCUT2D eigenvalue weighted by Crippen LogP contribution is 2.13. The van der Waals surface area contributed by atoms with Gasteiger partial charge in [-0.2, -0.15) is 0 Å². The largest absolute Gasteiger partial charge is 0.481 e. The van der Waals surface area contributed by atoms with Crippen molar-refractivity contribution in [2.24, 2.45) is 5.92 Å². The van der Waals surface area contributed by atoms with Gasteiger partial charge in [0.2, 0.25) is 0 Å². The molecule has 0 saturated carbocycles. The fraction of sp³-hybridized carbons (Fsp3) is 0.875. The minimum absolute atomic E-state index is 0.0294. The van der Waals surface area contributed by atoms with Crippen molar-refractivity contribution in [3.8, 4) is 0 Å². The summed E-state index contributed by atoms with van der Waals surface area (Å²) in [5.74, 6) is -1.41. The van der Waals surface area contributed by atoms with E-state index in [1.165, 1.54) is 0 Å². The molecule has 3 nitrogen and oxygen atoms in total. The zero-order valence-electron chi connectivity index (χ0n) is 7.90. The van der Waals surface area contributed by atoms with Gasteiger partial charge in [0.15, 0.2) is 0 Å². The van der Waals surface area contributed by atoms with Crippen LogP contribution < -0.4 is 0 Å². The van der Waals surface area contributed by atoms with E-state index in [0.717, 1.165) is 0 Å². The quantitative estimate of drug-likeness (QED) is 0.729. The average Bonchev–Trinajstić information content (AvgIpc) is 2.00. The fourth-order valence-corrected chi connectivity index (χ4v) is 2.21. The van der Waals surface area contributed by atoms with Gasteiger partial charge in [-0.1, -0.05) is 20.8 Å². The predicted octanol–water partition coefficient (Wildman–Crippen LogP) is 1.25. The van der Waals surface area contributed by atoms with E-state index in [-0.39, 0.29) is 10.5 Å². The Bertz CT molecular complexity index is 189. The molecule has 3 atom stereocenters. The van der Waals surface area contributed by atoms with Crippen molar-refractivity contribution < 1.29 is 14.1 Å². The highest BCUT2D eigenvalue weighted by atomic mass is 32.2. The van der Waals surface area contributed by atoms with Gasteiger partial charge in [0.05, 0.1) is 5.92 Å². The zero-order valence-corrected chi connectivity index (χ0v) is 8.72. The summed E-state index contributed by atoms with van der Waals surface area (Å²) in [4.78, 5) is 10.5. The molecule has 3 unspecified atom stereocenters. The number of hydrogen-bond donors (Lipinski definition) is 1. The third-order valence-corrected chi connectivity index (χ3v) is 4.00. The smallest absolute Gasteiger partial charge is 0.307 e. The Labute approximate surface area is 75.6 Å². The molecular weight excluding hydrogens is 176 g/mol. The molecule has 0 spiro atoms. The van der Waals surface area contributed by atoms with E-state index in [1.807, 2.05) is 13.8 Å². The third-order valence-electron chi connectivity index (χ3n) is 1.92. The van der Waals surface area contributed by atoms with Crippen LogP contribution in [0, 0.1) is 5.92 Å². The molecule has 0 heterocycles. The molecule has 1 N–H and O–H groups in total. The molecule has 0 aliphatic carbocycles. The Balaban J connectivity index is 4.29. The summed E-state index contributed by atoms with van der Waals surface area (Å²) < 4.78 is 11.4. The molecule has 72 valence electrons. The first-order chi connectivity index (χ1) is 5.37. The summed E-state index contributed by atoms with van der Waals surface area (Å²) in [5, 5.41) is 8.40. The van der Waals surface area contributed by atoms with Crippen molar-refractivity contribution in [1.29, 1.82) is 0 Å². The van der Waals surface area contributed by atoms with Crippen LogP contribution in [0.4, 0.5) is 0 Å². The van der Waals surface area contributed by atoms with Gasteiger partial charge in [-0.25, -0.2) is 0 Å². The molecule has 0 aliphatic rings. The standard InChI is InChI=1S/C8H16O3S/c1-5(2)12(11)7(4)6(3)8(9)10/h5-7H,1-4H3,(H,9,10). The van der Waals surface area contributed by atoms with E-state index in [0.29, 0.717) is 0 Å². The molecule has 0 aromatic heterocycles. The van der Waals surface area contributed by atoms with Crippen molar-refractivity contribution in [3.63, 3.8) is 0 Å². The molecule has 0 radical (unpaired) electrons. The van der Waals surface area contributed by atoms with E-state index in [4.69, 9.17) is 5.11 Å². The number of carbonyl (C=O) groups is 1. The van der Waals surface area contributed by atoms with E-state index in [9.17, 15) is 9.00 Å². The summed E-state index contributed by atoms with van der Waals surface area (Å²) in [6.07, 6.45) is 0. The van der Waals surface area contributed by atoms with Gasteiger partial charge in [0.1, 0.15) is 0 Å². The van der Waals surface area contributed by atoms with E-state index < -0.39 is 22.7 Å². The maximum Gasteiger partial charge on any atom is 0.307 e. The number of rotatable bonds is 4. The average molecular weight is 192 g/mol. The van der Waals surface area contributed by atoms with Gasteiger partial charge >= 0.3 is 5.97 Å². The maximum atomic E-state index is 11.4. The summed E-state index contributed by atoms with van der Waals surface area (Å²) >= 11 is 0. The van der Waals surface area contributed by atoms with Crippen LogP contribution in [-0.2, 0) is 15.6 Å². The van der Waals surface area contributed by atoms with Gasteiger partial charge in [0, 0.05) is 21.3 Å². The monoisotopic (exact) mass is 192 g/mol. The highest BCUT2D eigenvalue weighted by Gasteiger charge is 2.25. The minimum Gasteiger partial charge on any atom is -0.481 e. The van der Waals surface area contributed by atoms with Crippen molar-refractivity contribution in [3.05, 3.63) is 0 Å². The third kappa shape index (κ3) is 2.93. The molecule has 0 bridgehead atoms. The van der Waals surface area contributed by atoms with Crippen LogP contribution in [0.3, 0.4) is 0 Å². The van der Waals surface area contributed by atoms with Crippen LogP contribution >= 0.6 is 0 Å². The first-order valence-corrected chi connectivity index (χ1v) is 5.27. The summed E-state index contributed by atoms with van der Waals surface area (Å²) in [5.41, 5.74) is 0. The second kappa shape index (κ2) is 4.60. The number of carboxylic acids is 1. The van der Waals surface area contributed by atoms with Crippen LogP contribution in [-0.4, -0.2) is 25.8 Å². The molecule has 0 fully saturated rings. The topological polar surface area (TPSA) is 54.4 Å². The van der Waals surface area contributed by atoms with Crippen LogP contribution in [0.25, 0.3) is 0 Å². The number of aliphatic carboxylic acids is 1. The molecule has 12 heavy (non-hydrogen) atoms. The van der Waals surface area contributed by atoms with Gasteiger partial charge < -0.3 is 5.11 Å². The normalized spacial score (nSPS) is 18.8. The number of hydrogen-bond acceptors (Lipinski definition) is 2. The zero-order chi connectivity index (χ0) is 9.89. The van der Waals surface area contributed by atoms with Crippen LogP contribution in [0.15, 0.2) is 0 Å². The second-order valence-electron chi connectivity index (χ2n) is 3.21. The first-order valence-electron chi connectivity index (χ1n) is 4.00. The Kier molecular flexibility index (Phi) is 4.45. The molecule has 0 rings (SSSR count). The lowest BCUT2D eigenvalue weighted by molar-refractivity contribution is -0.141. The second-order valence-corrected chi connectivity index (χ2v) is 5.55. The van der Waals surface area contributed by atoms with Gasteiger partial charge in [-0.15, -0.1) is 0 Å². The summed E-state index contributed by atoms with van der Waals surface area (Å²) in [7, 11) is -1.05. The van der Waals surface area contributed by atoms with Crippen LogP contribution in [0.1, 0.15) is 27.7 Å². The van der Waals surface area contributed by atoms with Crippen molar-refractivity contribution in [1.82, 2.24) is 0 Å². The lowest BCUT2D eigenvalue weighted by atomic mass is 10.1. The van der Waals surface area contributed by atoms with Crippen molar-refractivity contribution in [2.75, 3.05) is 0 Å². The van der Waals surface area contributed by atoms with Crippen LogP contribution in [0.2, 0.25) is 0 Å². The number of carboxylic acid groups (broad SMARTS) is 1. The highest BCUT2D eigenvalue weighted by molar-refractivity contribution is 7.86. The maximum absolute atomic E-state index is 11.4. The Hall–Kier alpha value is -0.380. The van der Waals surface area contributed by atoms with E-state index >= 15 is 0 Å². The van der Waals surface area contributed by atoms with Gasteiger partial charge in [-0.3, -0.25) is 9.00 Å². The van der Waals surface area contributed by atoms with Crippen molar-refractivity contribution >= 4 is 16.8 Å². The molecule has 4 heteroatoms. The molecule has 0 amide bonds. The minimum atomic E-state index is -1.05. The first kappa shape index (κ1) is 11.6. The van der Waals surface area contributed by atoms with Gasteiger partial charge in [-0.05, 0) is 6.92 Å². The van der Waals surface area contributed by atoms with Crippen LogP contribution in [0.5, 0.6) is 0 Å². The van der Waals surface area contributed by atoms with Crippen molar-refractivity contribution in [2.45, 2.75) is 38.2 Å². The predicted molar refractivity (Wildman–Crippen MR) is 49.5 cm³/mol.